The fourth-order valence-corrected chi connectivity index (χ4v) is 5.88. The van der Waals surface area contributed by atoms with Crippen molar-refractivity contribution in [1.82, 2.24) is 0 Å². The minimum Gasteiger partial charge on any atom is -0.414 e. The van der Waals surface area contributed by atoms with Crippen molar-refractivity contribution < 1.29 is 9.53 Å². The topological polar surface area (TPSA) is 29.5 Å². The second-order valence-electron chi connectivity index (χ2n) is 8.23. The summed E-state index contributed by atoms with van der Waals surface area (Å²) < 4.78 is 8.73. The van der Waals surface area contributed by atoms with Gasteiger partial charge in [0.1, 0.15) is 5.60 Å². The summed E-state index contributed by atoms with van der Waals surface area (Å²) in [6.45, 7) is 11.3. The van der Waals surface area contributed by atoms with E-state index >= 15 is 0 Å². The lowest BCUT2D eigenvalue weighted by molar-refractivity contribution is -0.111. The zero-order valence-electron chi connectivity index (χ0n) is 14.4. The van der Waals surface area contributed by atoms with E-state index < -0.39 is 13.9 Å². The Hall–Kier alpha value is -0.203. The van der Waals surface area contributed by atoms with E-state index in [0.717, 1.165) is 9.35 Å². The smallest absolute Gasteiger partial charge is 0.192 e. The van der Waals surface area contributed by atoms with Crippen LogP contribution in [-0.4, -0.2) is 19.5 Å². The van der Waals surface area contributed by atoms with Crippen LogP contribution in [0, 0.1) is 0 Å². The van der Waals surface area contributed by atoms with Crippen LogP contribution < -0.4 is 0 Å². The van der Waals surface area contributed by atoms with Gasteiger partial charge >= 0.3 is 0 Å². The molecular weight excluding hydrogens is 388 g/mol. The summed E-state index contributed by atoms with van der Waals surface area (Å²) in [6, 6.07) is 8.40. The average molecular weight is 413 g/mol. The number of rotatable bonds is 3. The van der Waals surface area contributed by atoms with Gasteiger partial charge in [-0.25, -0.2) is 0 Å². The van der Waals surface area contributed by atoms with Gasteiger partial charge in [-0.2, -0.15) is 0 Å². The first kappa shape index (κ1) is 17.6. The van der Waals surface area contributed by atoms with Gasteiger partial charge in [0.2, 0.25) is 0 Å². The van der Waals surface area contributed by atoms with Crippen LogP contribution in [0.4, 0.5) is 0 Å². The lowest BCUT2D eigenvalue weighted by atomic mass is 9.76. The maximum atomic E-state index is 11.0. The molecule has 0 atom stereocenters. The summed E-state index contributed by atoms with van der Waals surface area (Å²) in [5, 5.41) is 12.4. The Kier molecular flexibility index (Phi) is 4.34. The summed E-state index contributed by atoms with van der Waals surface area (Å²) in [5.74, 6) is 0. The number of benzene rings is 1. The van der Waals surface area contributed by atoms with Crippen LogP contribution in [0.2, 0.25) is 18.1 Å². The Morgan fingerprint density at radius 1 is 1.26 bits per heavy atom. The maximum absolute atomic E-state index is 11.0. The average Bonchev–Trinajstić information content (AvgIpc) is 2.78. The molecule has 0 radical (unpaired) electrons. The first-order valence-electron chi connectivity index (χ1n) is 8.10. The van der Waals surface area contributed by atoms with Crippen LogP contribution >= 0.6 is 27.3 Å². The van der Waals surface area contributed by atoms with E-state index in [1.165, 1.54) is 10.1 Å². The molecule has 1 aromatic carbocycles. The number of hydrogen-bond acceptors (Lipinski definition) is 3. The highest BCUT2D eigenvalue weighted by Gasteiger charge is 2.49. The summed E-state index contributed by atoms with van der Waals surface area (Å²) >= 11 is 5.21. The van der Waals surface area contributed by atoms with E-state index in [0.29, 0.717) is 12.8 Å². The van der Waals surface area contributed by atoms with E-state index in [-0.39, 0.29) is 11.1 Å². The van der Waals surface area contributed by atoms with Gasteiger partial charge < -0.3 is 9.53 Å². The molecule has 0 spiro atoms. The normalized spacial score (nSPS) is 25.6. The van der Waals surface area contributed by atoms with Crippen LogP contribution in [0.25, 0.3) is 10.1 Å². The standard InChI is InChI=1S/C18H25BrO2SSi/c1-17(2,3)23(4,5)21-14-10-18(20,11-14)16-8-12-6-7-13(19)9-15(12)22-16/h6-9,14,20H,10-11H2,1-5H3. The minimum absolute atomic E-state index is 0.192. The molecule has 0 bridgehead atoms. The van der Waals surface area contributed by atoms with Gasteiger partial charge in [0.15, 0.2) is 8.32 Å². The zero-order chi connectivity index (χ0) is 17.0. The highest BCUT2D eigenvalue weighted by Crippen LogP contribution is 2.49. The molecule has 1 heterocycles. The summed E-state index contributed by atoms with van der Waals surface area (Å²) in [6.07, 6.45) is 1.62. The lowest BCUT2D eigenvalue weighted by Crippen LogP contribution is -2.52. The summed E-state index contributed by atoms with van der Waals surface area (Å²) in [4.78, 5) is 1.07. The molecule has 5 heteroatoms. The molecule has 126 valence electrons. The number of fused-ring (bicyclic) bond motifs is 1. The fraction of sp³-hybridized carbons (Fsp3) is 0.556. The molecule has 0 unspecified atom stereocenters. The van der Waals surface area contributed by atoms with Crippen LogP contribution in [0.15, 0.2) is 28.7 Å². The van der Waals surface area contributed by atoms with Crippen LogP contribution in [0.3, 0.4) is 0 Å². The van der Waals surface area contributed by atoms with Gasteiger partial charge in [-0.05, 0) is 41.7 Å². The molecule has 1 aliphatic carbocycles. The molecule has 0 saturated heterocycles. The van der Waals surface area contributed by atoms with Gasteiger partial charge in [0.25, 0.3) is 0 Å². The molecule has 0 aliphatic heterocycles. The fourth-order valence-electron chi connectivity index (χ4n) is 2.81. The Morgan fingerprint density at radius 2 is 1.91 bits per heavy atom. The molecule has 1 aromatic heterocycles. The molecule has 3 rings (SSSR count). The minimum atomic E-state index is -1.75. The Labute approximate surface area is 152 Å². The third kappa shape index (κ3) is 3.31. The molecule has 2 nitrogen and oxygen atoms in total. The van der Waals surface area contributed by atoms with Crippen molar-refractivity contribution in [2.45, 2.75) is 63.5 Å². The summed E-state index contributed by atoms with van der Waals surface area (Å²) in [7, 11) is -1.75. The number of aliphatic hydroxyl groups is 1. The predicted molar refractivity (Wildman–Crippen MR) is 105 cm³/mol. The molecule has 0 amide bonds. The monoisotopic (exact) mass is 412 g/mol. The molecule has 2 aromatic rings. The number of hydrogen-bond donors (Lipinski definition) is 1. The third-order valence-electron chi connectivity index (χ3n) is 5.34. The van der Waals surface area contributed by atoms with E-state index in [2.05, 4.69) is 68.0 Å². The molecule has 23 heavy (non-hydrogen) atoms. The quantitative estimate of drug-likeness (QED) is 0.622. The molecule has 1 N–H and O–H groups in total. The largest absolute Gasteiger partial charge is 0.414 e. The highest BCUT2D eigenvalue weighted by molar-refractivity contribution is 9.10. The van der Waals surface area contributed by atoms with Crippen molar-refractivity contribution in [3.63, 3.8) is 0 Å². The van der Waals surface area contributed by atoms with Gasteiger partial charge in [-0.1, -0.05) is 42.8 Å². The number of thiophene rings is 1. The van der Waals surface area contributed by atoms with Crippen molar-refractivity contribution in [3.05, 3.63) is 33.6 Å². The van der Waals surface area contributed by atoms with Crippen molar-refractivity contribution in [3.8, 4) is 0 Å². The van der Waals surface area contributed by atoms with Crippen molar-refractivity contribution in [2.75, 3.05) is 0 Å². The zero-order valence-corrected chi connectivity index (χ0v) is 17.8. The highest BCUT2D eigenvalue weighted by atomic mass is 79.9. The first-order chi connectivity index (χ1) is 10.5. The van der Waals surface area contributed by atoms with Crippen LogP contribution in [0.5, 0.6) is 0 Å². The lowest BCUT2D eigenvalue weighted by Gasteiger charge is -2.48. The second-order valence-corrected chi connectivity index (χ2v) is 15.0. The number of halogens is 1. The maximum Gasteiger partial charge on any atom is 0.192 e. The Morgan fingerprint density at radius 3 is 2.52 bits per heavy atom. The SMILES string of the molecule is CC(C)(C)[Si](C)(C)OC1CC(O)(c2cc3ccc(Br)cc3s2)C1. The van der Waals surface area contributed by atoms with Gasteiger partial charge in [-0.3, -0.25) is 0 Å². The van der Waals surface area contributed by atoms with E-state index in [1.807, 2.05) is 6.07 Å². The van der Waals surface area contributed by atoms with E-state index in [1.54, 1.807) is 11.3 Å². The third-order valence-corrected chi connectivity index (χ3v) is 11.7. The Bertz CT molecular complexity index is 726. The van der Waals surface area contributed by atoms with Crippen molar-refractivity contribution in [2.24, 2.45) is 0 Å². The molecule has 1 saturated carbocycles. The van der Waals surface area contributed by atoms with Gasteiger partial charge in [0, 0.05) is 26.9 Å². The van der Waals surface area contributed by atoms with Gasteiger partial charge in [0.05, 0.1) is 6.10 Å². The van der Waals surface area contributed by atoms with Crippen LogP contribution in [0.1, 0.15) is 38.5 Å². The van der Waals surface area contributed by atoms with Gasteiger partial charge in [-0.15, -0.1) is 11.3 Å². The predicted octanol–water partition coefficient (Wildman–Crippen LogP) is 6.04. The van der Waals surface area contributed by atoms with Crippen molar-refractivity contribution >= 4 is 45.7 Å². The second kappa shape index (κ2) is 5.66. The first-order valence-corrected chi connectivity index (χ1v) is 12.6. The molecule has 1 aliphatic rings. The Balaban J connectivity index is 1.73. The van der Waals surface area contributed by atoms with E-state index in [9.17, 15) is 5.11 Å². The van der Waals surface area contributed by atoms with Crippen LogP contribution in [-0.2, 0) is 10.0 Å². The van der Waals surface area contributed by atoms with Crippen molar-refractivity contribution in [1.29, 1.82) is 0 Å². The molecular formula is C18H25BrO2SSi. The summed E-state index contributed by atoms with van der Waals surface area (Å²) in [5.41, 5.74) is -0.705. The van der Waals surface area contributed by atoms with E-state index in [4.69, 9.17) is 4.43 Å². The molecule has 1 fully saturated rings.